The Morgan fingerprint density at radius 3 is 2.47 bits per heavy atom. The van der Waals surface area contributed by atoms with Gasteiger partial charge in [0.15, 0.2) is 11.5 Å². The average Bonchev–Trinajstić information content (AvgIpc) is 3.33. The lowest BCUT2D eigenvalue weighted by atomic mass is 9.87. The zero-order chi connectivity index (χ0) is 24.7. The highest BCUT2D eigenvalue weighted by atomic mass is 32.1. The quantitative estimate of drug-likeness (QED) is 0.251. The second kappa shape index (κ2) is 11.0. The summed E-state index contributed by atoms with van der Waals surface area (Å²) >= 11 is 1.41. The predicted octanol–water partition coefficient (Wildman–Crippen LogP) is 4.75. The van der Waals surface area contributed by atoms with Crippen LogP contribution in [0.3, 0.4) is 0 Å². The van der Waals surface area contributed by atoms with E-state index >= 15 is 0 Å². The van der Waals surface area contributed by atoms with E-state index in [1.807, 2.05) is 29.6 Å². The molecule has 0 saturated heterocycles. The molecule has 9 nitrogen and oxygen atoms in total. The van der Waals surface area contributed by atoms with Crippen molar-refractivity contribution in [1.82, 2.24) is 10.3 Å². The van der Waals surface area contributed by atoms with Gasteiger partial charge in [0.25, 0.3) is 11.6 Å². The number of amides is 1. The predicted molar refractivity (Wildman–Crippen MR) is 129 cm³/mol. The van der Waals surface area contributed by atoms with Crippen LogP contribution in [-0.4, -0.2) is 36.1 Å². The Morgan fingerprint density at radius 1 is 1.15 bits per heavy atom. The fourth-order valence-corrected chi connectivity index (χ4v) is 3.64. The van der Waals surface area contributed by atoms with Crippen molar-refractivity contribution in [3.8, 4) is 17.2 Å². The van der Waals surface area contributed by atoms with Gasteiger partial charge in [0, 0.05) is 11.4 Å². The molecule has 1 heterocycles. The Bertz CT molecular complexity index is 1120. The summed E-state index contributed by atoms with van der Waals surface area (Å²) in [7, 11) is 1.40. The number of aromatic nitrogens is 1. The standard InChI is InChI=1S/C24H27N3O6S/c1-24(2,3)16-5-7-18(8-6-16)32-10-9-25-23(28)19-11-21(31-4)22(12-20(19)27(29)30)33-13-17-14-34-15-26-17/h5-8,11-12,14-15H,9-10,13H2,1-4H3,(H,25,28). The number of nitro benzene ring substituents is 1. The Hall–Kier alpha value is -3.66. The minimum atomic E-state index is -0.628. The first-order chi connectivity index (χ1) is 16.2. The lowest BCUT2D eigenvalue weighted by molar-refractivity contribution is -0.385. The van der Waals surface area contributed by atoms with Crippen LogP contribution in [0, 0.1) is 10.1 Å². The molecule has 0 radical (unpaired) electrons. The molecule has 1 N–H and O–H groups in total. The first-order valence-electron chi connectivity index (χ1n) is 10.6. The van der Waals surface area contributed by atoms with E-state index in [0.29, 0.717) is 11.4 Å². The summed E-state index contributed by atoms with van der Waals surface area (Å²) in [4.78, 5) is 27.8. The molecule has 0 bridgehead atoms. The van der Waals surface area contributed by atoms with Crippen molar-refractivity contribution in [3.63, 3.8) is 0 Å². The van der Waals surface area contributed by atoms with Crippen LogP contribution in [0.2, 0.25) is 0 Å². The molecule has 0 spiro atoms. The van der Waals surface area contributed by atoms with Gasteiger partial charge in [-0.05, 0) is 23.1 Å². The molecular formula is C24H27N3O6S. The first-order valence-corrected chi connectivity index (χ1v) is 11.5. The van der Waals surface area contributed by atoms with E-state index < -0.39 is 10.8 Å². The Kier molecular flexibility index (Phi) is 8.06. The molecule has 1 amide bonds. The summed E-state index contributed by atoms with van der Waals surface area (Å²) in [6.07, 6.45) is 0. The number of nitrogens with zero attached hydrogens (tertiary/aromatic N) is 2. The van der Waals surface area contributed by atoms with Crippen LogP contribution in [0.1, 0.15) is 42.4 Å². The second-order valence-corrected chi connectivity index (χ2v) is 9.14. The number of benzene rings is 2. The fraction of sp³-hybridized carbons (Fsp3) is 0.333. The number of methoxy groups -OCH3 is 1. The van der Waals surface area contributed by atoms with E-state index in [9.17, 15) is 14.9 Å². The van der Waals surface area contributed by atoms with E-state index in [0.717, 1.165) is 0 Å². The maximum absolute atomic E-state index is 12.7. The number of ether oxygens (including phenoxy) is 3. The first kappa shape index (κ1) is 25.0. The summed E-state index contributed by atoms with van der Waals surface area (Å²) in [5.41, 5.74) is 3.07. The Morgan fingerprint density at radius 2 is 1.88 bits per heavy atom. The van der Waals surface area contributed by atoms with Gasteiger partial charge < -0.3 is 19.5 Å². The number of rotatable bonds is 10. The van der Waals surface area contributed by atoms with Gasteiger partial charge in [-0.15, -0.1) is 11.3 Å². The summed E-state index contributed by atoms with van der Waals surface area (Å²) in [5.74, 6) is 0.432. The number of nitrogens with one attached hydrogen (secondary N) is 1. The third kappa shape index (κ3) is 6.44. The molecule has 2 aromatic carbocycles. The highest BCUT2D eigenvalue weighted by Crippen LogP contribution is 2.35. The molecule has 10 heteroatoms. The van der Waals surface area contributed by atoms with Crippen molar-refractivity contribution in [2.45, 2.75) is 32.8 Å². The number of nitro groups is 1. The summed E-state index contributed by atoms with van der Waals surface area (Å²) < 4.78 is 16.6. The topological polar surface area (TPSA) is 113 Å². The number of thiazole rings is 1. The molecule has 1 aromatic heterocycles. The molecule has 34 heavy (non-hydrogen) atoms. The normalized spacial score (nSPS) is 11.1. The maximum Gasteiger partial charge on any atom is 0.286 e. The second-order valence-electron chi connectivity index (χ2n) is 8.42. The lowest BCUT2D eigenvalue weighted by Crippen LogP contribution is -2.28. The largest absolute Gasteiger partial charge is 0.493 e. The van der Waals surface area contributed by atoms with Crippen molar-refractivity contribution in [2.75, 3.05) is 20.3 Å². The van der Waals surface area contributed by atoms with E-state index in [-0.39, 0.29) is 47.9 Å². The third-order valence-electron chi connectivity index (χ3n) is 4.96. The van der Waals surface area contributed by atoms with Gasteiger partial charge in [-0.1, -0.05) is 32.9 Å². The summed E-state index contributed by atoms with van der Waals surface area (Å²) in [5, 5.41) is 16.1. The molecule has 0 saturated carbocycles. The van der Waals surface area contributed by atoms with Crippen LogP contribution in [0.4, 0.5) is 5.69 Å². The van der Waals surface area contributed by atoms with E-state index in [1.165, 1.54) is 36.1 Å². The average molecular weight is 486 g/mol. The van der Waals surface area contributed by atoms with Gasteiger partial charge in [0.05, 0.1) is 35.8 Å². The molecule has 0 aliphatic heterocycles. The fourth-order valence-electron chi connectivity index (χ4n) is 3.09. The van der Waals surface area contributed by atoms with Gasteiger partial charge >= 0.3 is 0 Å². The molecule has 0 unspecified atom stereocenters. The van der Waals surface area contributed by atoms with Crippen molar-refractivity contribution in [3.05, 3.63) is 74.2 Å². The highest BCUT2D eigenvalue weighted by molar-refractivity contribution is 7.07. The van der Waals surface area contributed by atoms with Crippen LogP contribution in [-0.2, 0) is 12.0 Å². The van der Waals surface area contributed by atoms with E-state index in [2.05, 4.69) is 31.1 Å². The zero-order valence-corrected chi connectivity index (χ0v) is 20.3. The SMILES string of the molecule is COc1cc(C(=O)NCCOc2ccc(C(C)(C)C)cc2)c([N+](=O)[O-])cc1OCc1cscn1. The third-order valence-corrected chi connectivity index (χ3v) is 5.59. The van der Waals surface area contributed by atoms with Crippen LogP contribution in [0.25, 0.3) is 0 Å². The molecule has 0 aliphatic rings. The summed E-state index contributed by atoms with van der Waals surface area (Å²) in [6.45, 7) is 6.89. The summed E-state index contributed by atoms with van der Waals surface area (Å²) in [6, 6.07) is 10.2. The van der Waals surface area contributed by atoms with Crippen LogP contribution in [0.15, 0.2) is 47.3 Å². The number of carbonyl (C=O) groups is 1. The van der Waals surface area contributed by atoms with Gasteiger partial charge in [-0.25, -0.2) is 4.98 Å². The molecule has 0 atom stereocenters. The lowest BCUT2D eigenvalue weighted by Gasteiger charge is -2.19. The van der Waals surface area contributed by atoms with Crippen molar-refractivity contribution in [2.24, 2.45) is 0 Å². The molecule has 3 aromatic rings. The molecular weight excluding hydrogens is 458 g/mol. The monoisotopic (exact) mass is 485 g/mol. The van der Waals surface area contributed by atoms with Crippen LogP contribution in [0.5, 0.6) is 17.2 Å². The van der Waals surface area contributed by atoms with E-state index in [1.54, 1.807) is 5.51 Å². The number of hydrogen-bond donors (Lipinski definition) is 1. The number of hydrogen-bond acceptors (Lipinski definition) is 8. The van der Waals surface area contributed by atoms with Crippen LogP contribution < -0.4 is 19.5 Å². The van der Waals surface area contributed by atoms with Gasteiger partial charge in [-0.2, -0.15) is 0 Å². The van der Waals surface area contributed by atoms with Gasteiger partial charge in [0.1, 0.15) is 24.5 Å². The van der Waals surface area contributed by atoms with E-state index in [4.69, 9.17) is 14.2 Å². The Balaban J connectivity index is 1.63. The minimum absolute atomic E-state index is 0.0453. The molecule has 0 aliphatic carbocycles. The van der Waals surface area contributed by atoms with Crippen molar-refractivity contribution < 1.29 is 23.9 Å². The molecule has 3 rings (SSSR count). The van der Waals surface area contributed by atoms with Gasteiger partial charge in [0.2, 0.25) is 0 Å². The smallest absolute Gasteiger partial charge is 0.286 e. The maximum atomic E-state index is 12.7. The molecule has 0 fully saturated rings. The zero-order valence-electron chi connectivity index (χ0n) is 19.5. The number of carbonyl (C=O) groups excluding carboxylic acids is 1. The minimum Gasteiger partial charge on any atom is -0.493 e. The highest BCUT2D eigenvalue weighted by Gasteiger charge is 2.25. The van der Waals surface area contributed by atoms with Gasteiger partial charge in [-0.3, -0.25) is 14.9 Å². The van der Waals surface area contributed by atoms with Crippen LogP contribution >= 0.6 is 11.3 Å². The van der Waals surface area contributed by atoms with Crippen molar-refractivity contribution >= 4 is 22.9 Å². The Labute approximate surface area is 201 Å². The molecule has 180 valence electrons. The van der Waals surface area contributed by atoms with Crippen molar-refractivity contribution in [1.29, 1.82) is 0 Å².